The van der Waals surface area contributed by atoms with Gasteiger partial charge in [-0.2, -0.15) is 0 Å². The van der Waals surface area contributed by atoms with E-state index in [1.807, 2.05) is 18.3 Å². The zero-order valence-corrected chi connectivity index (χ0v) is 11.0. The van der Waals surface area contributed by atoms with Gasteiger partial charge in [0.2, 0.25) is 0 Å². The molecule has 1 saturated heterocycles. The highest BCUT2D eigenvalue weighted by Crippen LogP contribution is 2.06. The minimum Gasteiger partial charge on any atom is -0.480 e. The summed E-state index contributed by atoms with van der Waals surface area (Å²) in [5.74, 6) is -0.957. The normalized spacial score (nSPS) is 18.4. The predicted molar refractivity (Wildman–Crippen MR) is 71.0 cm³/mol. The van der Waals surface area contributed by atoms with E-state index in [0.717, 1.165) is 45.1 Å². The van der Waals surface area contributed by atoms with Crippen molar-refractivity contribution in [1.29, 1.82) is 0 Å². The molecule has 0 amide bonds. The number of ether oxygens (including phenoxy) is 1. The van der Waals surface area contributed by atoms with Crippen molar-refractivity contribution in [2.75, 3.05) is 32.8 Å². The summed E-state index contributed by atoms with van der Waals surface area (Å²) in [4.78, 5) is 13.1. The van der Waals surface area contributed by atoms with Gasteiger partial charge in [0.25, 0.3) is 0 Å². The van der Waals surface area contributed by atoms with Crippen LogP contribution in [0.15, 0.2) is 18.3 Å². The SMILES string of the molecule is NC(Cc1cccn1CCN1CCOCC1)C(=O)O. The summed E-state index contributed by atoms with van der Waals surface area (Å²) in [5, 5.41) is 8.85. The van der Waals surface area contributed by atoms with Gasteiger partial charge in [-0.1, -0.05) is 0 Å². The summed E-state index contributed by atoms with van der Waals surface area (Å²) in [6.45, 7) is 5.32. The minimum atomic E-state index is -0.957. The first kappa shape index (κ1) is 14.0. The van der Waals surface area contributed by atoms with E-state index in [0.29, 0.717) is 6.42 Å². The fraction of sp³-hybridized carbons (Fsp3) is 0.615. The molecule has 2 rings (SSSR count). The maximum absolute atomic E-state index is 10.8. The standard InChI is InChI=1S/C13H21N3O3/c14-12(13(17)18)10-11-2-1-3-16(11)5-4-15-6-8-19-9-7-15/h1-3,12H,4-10,14H2,(H,17,18). The third-order valence-electron chi connectivity index (χ3n) is 3.43. The Balaban J connectivity index is 1.86. The number of hydrogen-bond donors (Lipinski definition) is 2. The van der Waals surface area contributed by atoms with E-state index in [2.05, 4.69) is 9.47 Å². The lowest BCUT2D eigenvalue weighted by atomic mass is 10.2. The lowest BCUT2D eigenvalue weighted by Gasteiger charge is -2.27. The third-order valence-corrected chi connectivity index (χ3v) is 3.43. The molecule has 1 aromatic heterocycles. The Morgan fingerprint density at radius 2 is 2.16 bits per heavy atom. The van der Waals surface area contributed by atoms with Gasteiger partial charge >= 0.3 is 5.97 Å². The van der Waals surface area contributed by atoms with Crippen molar-refractivity contribution in [2.45, 2.75) is 19.0 Å². The summed E-state index contributed by atoms with van der Waals surface area (Å²) < 4.78 is 7.39. The molecule has 0 aromatic carbocycles. The van der Waals surface area contributed by atoms with E-state index in [9.17, 15) is 4.79 Å². The molecule has 6 heteroatoms. The highest BCUT2D eigenvalue weighted by molar-refractivity contribution is 5.73. The van der Waals surface area contributed by atoms with E-state index < -0.39 is 12.0 Å². The Morgan fingerprint density at radius 1 is 1.42 bits per heavy atom. The van der Waals surface area contributed by atoms with Crippen LogP contribution in [0.3, 0.4) is 0 Å². The van der Waals surface area contributed by atoms with E-state index in [-0.39, 0.29) is 0 Å². The molecule has 1 aliphatic rings. The topological polar surface area (TPSA) is 80.7 Å². The molecule has 106 valence electrons. The number of aromatic nitrogens is 1. The van der Waals surface area contributed by atoms with Crippen LogP contribution in [-0.4, -0.2) is 59.4 Å². The van der Waals surface area contributed by atoms with E-state index in [1.54, 1.807) is 0 Å². The maximum atomic E-state index is 10.8. The third kappa shape index (κ3) is 4.05. The molecule has 0 radical (unpaired) electrons. The molecule has 1 aromatic rings. The van der Waals surface area contributed by atoms with Crippen molar-refractivity contribution in [3.63, 3.8) is 0 Å². The average Bonchev–Trinajstić information content (AvgIpc) is 2.85. The molecule has 1 atom stereocenters. The van der Waals surface area contributed by atoms with E-state index in [1.165, 1.54) is 0 Å². The average molecular weight is 267 g/mol. The summed E-state index contributed by atoms with van der Waals surface area (Å²) in [7, 11) is 0. The number of aliphatic carboxylic acids is 1. The van der Waals surface area contributed by atoms with Crippen LogP contribution in [0, 0.1) is 0 Å². The van der Waals surface area contributed by atoms with Crippen LogP contribution in [0.2, 0.25) is 0 Å². The molecule has 1 aliphatic heterocycles. The molecule has 2 heterocycles. The molecule has 0 spiro atoms. The second-order valence-corrected chi connectivity index (χ2v) is 4.80. The van der Waals surface area contributed by atoms with Crippen LogP contribution in [-0.2, 0) is 22.5 Å². The van der Waals surface area contributed by atoms with Gasteiger partial charge in [0, 0.05) is 44.5 Å². The van der Waals surface area contributed by atoms with Crippen LogP contribution in [0.1, 0.15) is 5.69 Å². The van der Waals surface area contributed by atoms with Gasteiger partial charge in [-0.3, -0.25) is 9.69 Å². The molecule has 1 unspecified atom stereocenters. The van der Waals surface area contributed by atoms with Gasteiger partial charge in [-0.25, -0.2) is 0 Å². The molecule has 1 fully saturated rings. The highest BCUT2D eigenvalue weighted by atomic mass is 16.5. The Morgan fingerprint density at radius 3 is 2.84 bits per heavy atom. The summed E-state index contributed by atoms with van der Waals surface area (Å²) >= 11 is 0. The fourth-order valence-electron chi connectivity index (χ4n) is 2.24. The minimum absolute atomic E-state index is 0.367. The monoisotopic (exact) mass is 267 g/mol. The maximum Gasteiger partial charge on any atom is 0.320 e. The quantitative estimate of drug-likeness (QED) is 0.744. The zero-order valence-electron chi connectivity index (χ0n) is 11.0. The number of carbonyl (C=O) groups is 1. The molecular formula is C13H21N3O3. The van der Waals surface area contributed by atoms with Crippen LogP contribution in [0.5, 0.6) is 0 Å². The van der Waals surface area contributed by atoms with Gasteiger partial charge in [-0.05, 0) is 12.1 Å². The molecule has 0 saturated carbocycles. The Labute approximate surface area is 112 Å². The number of carboxylic acids is 1. The van der Waals surface area contributed by atoms with Gasteiger partial charge in [0.05, 0.1) is 13.2 Å². The molecule has 3 N–H and O–H groups in total. The first-order valence-corrected chi connectivity index (χ1v) is 6.59. The summed E-state index contributed by atoms with van der Waals surface area (Å²) in [6, 6.07) is 3.03. The lowest BCUT2D eigenvalue weighted by Crippen LogP contribution is -2.38. The number of nitrogens with zero attached hydrogens (tertiary/aromatic N) is 2. The Bertz CT molecular complexity index is 413. The van der Waals surface area contributed by atoms with Crippen LogP contribution < -0.4 is 5.73 Å². The summed E-state index contributed by atoms with van der Waals surface area (Å²) in [6.07, 6.45) is 2.34. The van der Waals surface area contributed by atoms with Crippen molar-refractivity contribution in [3.05, 3.63) is 24.0 Å². The van der Waals surface area contributed by atoms with E-state index in [4.69, 9.17) is 15.6 Å². The van der Waals surface area contributed by atoms with Crippen LogP contribution in [0.25, 0.3) is 0 Å². The number of morpholine rings is 1. The molecule has 6 nitrogen and oxygen atoms in total. The number of nitrogens with two attached hydrogens (primary N) is 1. The number of carboxylic acid groups (broad SMARTS) is 1. The smallest absolute Gasteiger partial charge is 0.320 e. The van der Waals surface area contributed by atoms with Crippen molar-refractivity contribution in [2.24, 2.45) is 5.73 Å². The van der Waals surface area contributed by atoms with Crippen LogP contribution in [0.4, 0.5) is 0 Å². The first-order chi connectivity index (χ1) is 9.16. The number of rotatable bonds is 6. The highest BCUT2D eigenvalue weighted by Gasteiger charge is 2.15. The second kappa shape index (κ2) is 6.70. The summed E-state index contributed by atoms with van der Waals surface area (Å²) in [5.41, 5.74) is 6.55. The van der Waals surface area contributed by atoms with E-state index >= 15 is 0 Å². The Kier molecular flexibility index (Phi) is 4.95. The van der Waals surface area contributed by atoms with Gasteiger partial charge in [0.1, 0.15) is 6.04 Å². The lowest BCUT2D eigenvalue weighted by molar-refractivity contribution is -0.138. The molecule has 19 heavy (non-hydrogen) atoms. The number of hydrogen-bond acceptors (Lipinski definition) is 4. The zero-order chi connectivity index (χ0) is 13.7. The molecule has 0 aliphatic carbocycles. The largest absolute Gasteiger partial charge is 0.480 e. The van der Waals surface area contributed by atoms with Crippen molar-refractivity contribution in [3.8, 4) is 0 Å². The van der Waals surface area contributed by atoms with Crippen molar-refractivity contribution >= 4 is 5.97 Å². The fourth-order valence-corrected chi connectivity index (χ4v) is 2.24. The van der Waals surface area contributed by atoms with Gasteiger partial charge < -0.3 is 20.1 Å². The van der Waals surface area contributed by atoms with Gasteiger partial charge in [-0.15, -0.1) is 0 Å². The Hall–Kier alpha value is -1.37. The first-order valence-electron chi connectivity index (χ1n) is 6.59. The van der Waals surface area contributed by atoms with Crippen molar-refractivity contribution in [1.82, 2.24) is 9.47 Å². The van der Waals surface area contributed by atoms with Crippen LogP contribution >= 0.6 is 0 Å². The van der Waals surface area contributed by atoms with Gasteiger partial charge in [0.15, 0.2) is 0 Å². The molecule has 0 bridgehead atoms. The second-order valence-electron chi connectivity index (χ2n) is 4.80. The van der Waals surface area contributed by atoms with Crippen molar-refractivity contribution < 1.29 is 14.6 Å². The predicted octanol–water partition coefficient (Wildman–Crippen LogP) is -0.225. The molecular weight excluding hydrogens is 246 g/mol.